The highest BCUT2D eigenvalue weighted by Gasteiger charge is 2.45. The molecule has 0 bridgehead atoms. The van der Waals surface area contributed by atoms with Gasteiger partial charge in [-0.2, -0.15) is 0 Å². The Morgan fingerprint density at radius 2 is 2.05 bits per heavy atom. The number of pyridine rings is 1. The largest absolute Gasteiger partial charge is 0.329 e. The Kier molecular flexibility index (Phi) is 2.81. The zero-order valence-corrected chi connectivity index (χ0v) is 11.2. The quantitative estimate of drug-likeness (QED) is 0.873. The maximum atomic E-state index is 12.5. The smallest absolute Gasteiger partial charge is 0.241 e. The minimum atomic E-state index is -3.56. The van der Waals surface area contributed by atoms with Gasteiger partial charge in [-0.25, -0.2) is 13.1 Å². The monoisotopic (exact) mass is 277 g/mol. The molecule has 1 heterocycles. The number of benzene rings is 1. The summed E-state index contributed by atoms with van der Waals surface area (Å²) in [6, 6.07) is 8.59. The molecule has 1 saturated carbocycles. The predicted octanol–water partition coefficient (Wildman–Crippen LogP) is 1.00. The van der Waals surface area contributed by atoms with Crippen LogP contribution in [-0.2, 0) is 10.0 Å². The topological polar surface area (TPSA) is 85.1 Å². The van der Waals surface area contributed by atoms with Gasteiger partial charge in [0.2, 0.25) is 10.0 Å². The summed E-state index contributed by atoms with van der Waals surface area (Å²) in [7, 11) is -3.56. The van der Waals surface area contributed by atoms with Gasteiger partial charge in [0.25, 0.3) is 0 Å². The summed E-state index contributed by atoms with van der Waals surface area (Å²) in [5, 5.41) is 0.630. The molecule has 1 aromatic heterocycles. The van der Waals surface area contributed by atoms with Crippen molar-refractivity contribution in [1.82, 2.24) is 9.71 Å². The maximum Gasteiger partial charge on any atom is 0.241 e. The van der Waals surface area contributed by atoms with Crippen molar-refractivity contribution in [1.29, 1.82) is 0 Å². The number of sulfonamides is 1. The first-order valence-corrected chi connectivity index (χ1v) is 7.62. The lowest BCUT2D eigenvalue weighted by Gasteiger charge is -2.16. The average Bonchev–Trinajstić information content (AvgIpc) is 3.17. The fourth-order valence-corrected chi connectivity index (χ4v) is 3.84. The van der Waals surface area contributed by atoms with Gasteiger partial charge in [0.1, 0.15) is 0 Å². The van der Waals surface area contributed by atoms with Crippen LogP contribution >= 0.6 is 0 Å². The Morgan fingerprint density at radius 3 is 2.74 bits per heavy atom. The molecule has 3 rings (SSSR count). The van der Waals surface area contributed by atoms with Crippen molar-refractivity contribution < 1.29 is 8.42 Å². The van der Waals surface area contributed by atoms with Crippen molar-refractivity contribution in [2.75, 3.05) is 6.54 Å². The molecule has 6 heteroatoms. The van der Waals surface area contributed by atoms with Crippen LogP contribution in [0.2, 0.25) is 0 Å². The molecule has 3 N–H and O–H groups in total. The van der Waals surface area contributed by atoms with E-state index in [0.29, 0.717) is 17.4 Å². The number of hydrogen-bond donors (Lipinski definition) is 2. The molecule has 0 aliphatic heterocycles. The standard InChI is InChI=1S/C13H15N3O2S/c14-9-13(6-7-13)16-19(17,18)12-5-1-4-11-10(12)3-2-8-15-11/h1-5,8,16H,6-7,9,14H2. The molecular weight excluding hydrogens is 262 g/mol. The van der Waals surface area contributed by atoms with Crippen LogP contribution in [0.15, 0.2) is 41.4 Å². The third kappa shape index (κ3) is 2.22. The molecule has 2 aromatic rings. The second kappa shape index (κ2) is 4.26. The molecule has 1 aromatic carbocycles. The number of nitrogens with two attached hydrogens (primary N) is 1. The van der Waals surface area contributed by atoms with Crippen molar-refractivity contribution in [3.63, 3.8) is 0 Å². The Hall–Kier alpha value is -1.50. The highest BCUT2D eigenvalue weighted by molar-refractivity contribution is 7.89. The molecule has 19 heavy (non-hydrogen) atoms. The summed E-state index contributed by atoms with van der Waals surface area (Å²) in [4.78, 5) is 4.43. The van der Waals surface area contributed by atoms with Crippen LogP contribution in [0.5, 0.6) is 0 Å². The number of hydrogen-bond acceptors (Lipinski definition) is 4. The van der Waals surface area contributed by atoms with E-state index in [1.165, 1.54) is 0 Å². The molecule has 5 nitrogen and oxygen atoms in total. The fourth-order valence-electron chi connectivity index (χ4n) is 2.15. The number of fused-ring (bicyclic) bond motifs is 1. The third-order valence-electron chi connectivity index (χ3n) is 3.49. The lowest BCUT2D eigenvalue weighted by atomic mass is 10.2. The third-order valence-corrected chi connectivity index (χ3v) is 5.13. The molecule has 100 valence electrons. The number of aromatic nitrogens is 1. The van der Waals surface area contributed by atoms with E-state index in [9.17, 15) is 8.42 Å². The summed E-state index contributed by atoms with van der Waals surface area (Å²) in [5.41, 5.74) is 5.86. The zero-order chi connectivity index (χ0) is 13.5. The minimum Gasteiger partial charge on any atom is -0.329 e. The molecule has 0 radical (unpaired) electrons. The Bertz CT molecular complexity index is 718. The van der Waals surface area contributed by atoms with Crippen LogP contribution in [0.25, 0.3) is 10.9 Å². The molecule has 1 aliphatic carbocycles. The van der Waals surface area contributed by atoms with Crippen LogP contribution in [0, 0.1) is 0 Å². The van der Waals surface area contributed by atoms with Crippen LogP contribution in [0.1, 0.15) is 12.8 Å². The van der Waals surface area contributed by atoms with Gasteiger partial charge >= 0.3 is 0 Å². The molecule has 1 aliphatic rings. The van der Waals surface area contributed by atoms with Gasteiger partial charge < -0.3 is 5.73 Å². The Balaban J connectivity index is 2.08. The highest BCUT2D eigenvalue weighted by atomic mass is 32.2. The first-order valence-electron chi connectivity index (χ1n) is 6.14. The van der Waals surface area contributed by atoms with Crippen molar-refractivity contribution in [3.8, 4) is 0 Å². The van der Waals surface area contributed by atoms with E-state index in [1.807, 2.05) is 0 Å². The SMILES string of the molecule is NCC1(NS(=O)(=O)c2cccc3ncccc23)CC1. The molecule has 1 fully saturated rings. The summed E-state index contributed by atoms with van der Waals surface area (Å²) < 4.78 is 27.7. The second-order valence-corrected chi connectivity index (χ2v) is 6.57. The molecule has 0 saturated heterocycles. The molecule has 0 amide bonds. The predicted molar refractivity (Wildman–Crippen MR) is 73.1 cm³/mol. The molecule has 0 atom stereocenters. The summed E-state index contributed by atoms with van der Waals surface area (Å²) in [6.45, 7) is 0.329. The normalized spacial score (nSPS) is 17.5. The van der Waals surface area contributed by atoms with E-state index in [1.54, 1.807) is 36.5 Å². The van der Waals surface area contributed by atoms with Crippen LogP contribution in [0.4, 0.5) is 0 Å². The summed E-state index contributed by atoms with van der Waals surface area (Å²) >= 11 is 0. The van der Waals surface area contributed by atoms with Crippen molar-refractivity contribution in [3.05, 3.63) is 36.5 Å². The van der Waals surface area contributed by atoms with E-state index in [0.717, 1.165) is 12.8 Å². The van der Waals surface area contributed by atoms with Gasteiger partial charge in [-0.05, 0) is 37.1 Å². The minimum absolute atomic E-state index is 0.262. The van der Waals surface area contributed by atoms with E-state index in [4.69, 9.17) is 5.73 Å². The molecule has 0 unspecified atom stereocenters. The Labute approximate surface area is 111 Å². The fraction of sp³-hybridized carbons (Fsp3) is 0.308. The molecule has 0 spiro atoms. The second-order valence-electron chi connectivity index (χ2n) is 4.92. The number of rotatable bonds is 4. The first kappa shape index (κ1) is 12.5. The first-order chi connectivity index (χ1) is 9.06. The summed E-state index contributed by atoms with van der Waals surface area (Å²) in [6.07, 6.45) is 3.24. The maximum absolute atomic E-state index is 12.5. The van der Waals surface area contributed by atoms with Crippen LogP contribution in [-0.4, -0.2) is 25.5 Å². The van der Waals surface area contributed by atoms with Crippen LogP contribution in [0.3, 0.4) is 0 Å². The number of nitrogens with one attached hydrogen (secondary N) is 1. The lowest BCUT2D eigenvalue weighted by molar-refractivity contribution is 0.545. The number of nitrogens with zero attached hydrogens (tertiary/aromatic N) is 1. The van der Waals surface area contributed by atoms with E-state index in [-0.39, 0.29) is 4.90 Å². The van der Waals surface area contributed by atoms with Crippen LogP contribution < -0.4 is 10.5 Å². The highest BCUT2D eigenvalue weighted by Crippen LogP contribution is 2.36. The van der Waals surface area contributed by atoms with E-state index >= 15 is 0 Å². The van der Waals surface area contributed by atoms with E-state index < -0.39 is 15.6 Å². The lowest BCUT2D eigenvalue weighted by Crippen LogP contribution is -2.42. The van der Waals surface area contributed by atoms with Gasteiger partial charge in [-0.15, -0.1) is 0 Å². The van der Waals surface area contributed by atoms with Crippen molar-refractivity contribution in [2.24, 2.45) is 5.73 Å². The Morgan fingerprint density at radius 1 is 1.26 bits per heavy atom. The van der Waals surface area contributed by atoms with Crippen molar-refractivity contribution >= 4 is 20.9 Å². The average molecular weight is 277 g/mol. The van der Waals surface area contributed by atoms with E-state index in [2.05, 4.69) is 9.71 Å². The van der Waals surface area contributed by atoms with Crippen molar-refractivity contribution in [2.45, 2.75) is 23.3 Å². The van der Waals surface area contributed by atoms with Gasteiger partial charge in [-0.1, -0.05) is 6.07 Å². The van der Waals surface area contributed by atoms with Gasteiger partial charge in [0, 0.05) is 23.7 Å². The van der Waals surface area contributed by atoms with Gasteiger partial charge in [-0.3, -0.25) is 4.98 Å². The van der Waals surface area contributed by atoms with Gasteiger partial charge in [0.05, 0.1) is 10.4 Å². The zero-order valence-electron chi connectivity index (χ0n) is 10.3. The molecular formula is C13H15N3O2S. The van der Waals surface area contributed by atoms with Gasteiger partial charge in [0.15, 0.2) is 0 Å². The summed E-state index contributed by atoms with van der Waals surface area (Å²) in [5.74, 6) is 0.